The lowest BCUT2D eigenvalue weighted by atomic mass is 9.78. The molecule has 1 aromatic rings. The fourth-order valence-corrected chi connectivity index (χ4v) is 3.33. The number of carbonyl (C=O) groups is 2. The highest BCUT2D eigenvalue weighted by Gasteiger charge is 2.42. The van der Waals surface area contributed by atoms with E-state index >= 15 is 0 Å². The average Bonchev–Trinajstić information content (AvgIpc) is 2.48. The van der Waals surface area contributed by atoms with Gasteiger partial charge in [0.15, 0.2) is 5.78 Å². The van der Waals surface area contributed by atoms with Gasteiger partial charge in [0.25, 0.3) is 0 Å². The first-order chi connectivity index (χ1) is 10.5. The predicted octanol–water partition coefficient (Wildman–Crippen LogP) is 2.34. The fraction of sp³-hybridized carbons (Fsp3) is 0.375. The van der Waals surface area contributed by atoms with Crippen molar-refractivity contribution in [3.8, 4) is 0 Å². The molecule has 0 spiro atoms. The van der Waals surface area contributed by atoms with Gasteiger partial charge in [-0.1, -0.05) is 47.1 Å². The van der Waals surface area contributed by atoms with Crippen LogP contribution in [0.15, 0.2) is 36.4 Å². The van der Waals surface area contributed by atoms with Crippen LogP contribution in [0.3, 0.4) is 0 Å². The Labute approximate surface area is 138 Å². The minimum absolute atomic E-state index is 0.117. The highest BCUT2D eigenvalue weighted by atomic mass is 35.5. The van der Waals surface area contributed by atoms with E-state index in [-0.39, 0.29) is 23.9 Å². The minimum Gasteiger partial charge on any atom is -0.617 e. The SMILES string of the molecule is C[S+]([O-])CCC(=O)NC1(c2ccccc2Cl)CCC=CC1=O. The molecule has 2 rings (SSSR count). The van der Waals surface area contributed by atoms with E-state index in [2.05, 4.69) is 5.32 Å². The zero-order valence-electron chi connectivity index (χ0n) is 12.3. The molecular formula is C16H18ClNO3S. The van der Waals surface area contributed by atoms with Crippen LogP contribution in [0.1, 0.15) is 24.8 Å². The molecule has 6 heteroatoms. The van der Waals surface area contributed by atoms with Gasteiger partial charge in [0, 0.05) is 10.6 Å². The molecule has 1 aromatic carbocycles. The predicted molar refractivity (Wildman–Crippen MR) is 88.2 cm³/mol. The highest BCUT2D eigenvalue weighted by Crippen LogP contribution is 2.35. The quantitative estimate of drug-likeness (QED) is 0.837. The van der Waals surface area contributed by atoms with E-state index in [4.69, 9.17) is 11.6 Å². The monoisotopic (exact) mass is 339 g/mol. The second-order valence-corrected chi connectivity index (χ2v) is 7.23. The molecule has 1 amide bonds. The molecule has 118 valence electrons. The number of halogens is 1. The van der Waals surface area contributed by atoms with Crippen molar-refractivity contribution in [1.29, 1.82) is 0 Å². The summed E-state index contributed by atoms with van der Waals surface area (Å²) in [6, 6.07) is 7.04. The average molecular weight is 340 g/mol. The summed E-state index contributed by atoms with van der Waals surface area (Å²) in [5, 5.41) is 3.29. The van der Waals surface area contributed by atoms with E-state index < -0.39 is 16.7 Å². The smallest absolute Gasteiger partial charge is 0.225 e. The lowest BCUT2D eigenvalue weighted by Crippen LogP contribution is -2.52. The first-order valence-electron chi connectivity index (χ1n) is 7.03. The maximum absolute atomic E-state index is 12.5. The number of allylic oxidation sites excluding steroid dienone is 1. The first kappa shape index (κ1) is 17.1. The van der Waals surface area contributed by atoms with E-state index in [1.54, 1.807) is 36.6 Å². The Bertz CT molecular complexity index is 603. The lowest BCUT2D eigenvalue weighted by Gasteiger charge is -2.35. The molecular weight excluding hydrogens is 322 g/mol. The van der Waals surface area contributed by atoms with Gasteiger partial charge in [-0.25, -0.2) is 0 Å². The third-order valence-corrected chi connectivity index (χ3v) is 4.79. The highest BCUT2D eigenvalue weighted by molar-refractivity contribution is 7.90. The Morgan fingerprint density at radius 3 is 2.82 bits per heavy atom. The second-order valence-electron chi connectivity index (χ2n) is 5.27. The summed E-state index contributed by atoms with van der Waals surface area (Å²) in [5.74, 6) is -0.203. The summed E-state index contributed by atoms with van der Waals surface area (Å²) in [6.45, 7) is 0. The van der Waals surface area contributed by atoms with E-state index in [1.165, 1.54) is 6.08 Å². The number of carbonyl (C=O) groups excluding carboxylic acids is 2. The number of benzene rings is 1. The Morgan fingerprint density at radius 1 is 1.45 bits per heavy atom. The molecule has 1 aliphatic rings. The Kier molecular flexibility index (Phi) is 5.67. The van der Waals surface area contributed by atoms with Crippen molar-refractivity contribution in [2.45, 2.75) is 24.8 Å². The summed E-state index contributed by atoms with van der Waals surface area (Å²) in [5.41, 5.74) is -0.517. The number of rotatable bonds is 5. The van der Waals surface area contributed by atoms with Crippen LogP contribution < -0.4 is 5.32 Å². The molecule has 0 saturated heterocycles. The van der Waals surface area contributed by atoms with Gasteiger partial charge in [0.1, 0.15) is 11.3 Å². The van der Waals surface area contributed by atoms with Crippen LogP contribution in [-0.4, -0.2) is 28.3 Å². The maximum atomic E-state index is 12.5. The van der Waals surface area contributed by atoms with Crippen LogP contribution in [0.2, 0.25) is 5.02 Å². The molecule has 1 N–H and O–H groups in total. The molecule has 0 aromatic heterocycles. The molecule has 0 bridgehead atoms. The molecule has 2 unspecified atom stereocenters. The van der Waals surface area contributed by atoms with Gasteiger partial charge in [-0.3, -0.25) is 9.59 Å². The van der Waals surface area contributed by atoms with Gasteiger partial charge in [-0.05, 0) is 25.0 Å². The number of nitrogens with one attached hydrogen (secondary N) is 1. The van der Waals surface area contributed by atoms with E-state index in [9.17, 15) is 14.1 Å². The molecule has 1 aliphatic carbocycles. The Balaban J connectivity index is 2.32. The van der Waals surface area contributed by atoms with Crippen LogP contribution in [0.25, 0.3) is 0 Å². The molecule has 0 fully saturated rings. The largest absolute Gasteiger partial charge is 0.617 e. The molecule has 4 nitrogen and oxygen atoms in total. The van der Waals surface area contributed by atoms with Gasteiger partial charge in [0.2, 0.25) is 5.91 Å². The van der Waals surface area contributed by atoms with Crippen LogP contribution in [0.5, 0.6) is 0 Å². The third kappa shape index (κ3) is 3.72. The zero-order chi connectivity index (χ0) is 16.2. The van der Waals surface area contributed by atoms with Crippen LogP contribution in [0, 0.1) is 0 Å². The lowest BCUT2D eigenvalue weighted by molar-refractivity contribution is -0.130. The molecule has 22 heavy (non-hydrogen) atoms. The summed E-state index contributed by atoms with van der Waals surface area (Å²) in [6.07, 6.45) is 6.09. The fourth-order valence-electron chi connectivity index (χ4n) is 2.56. The number of hydrogen-bond donors (Lipinski definition) is 1. The van der Waals surface area contributed by atoms with Crippen molar-refractivity contribution in [2.75, 3.05) is 12.0 Å². The molecule has 0 heterocycles. The van der Waals surface area contributed by atoms with Gasteiger partial charge in [-0.2, -0.15) is 0 Å². The Morgan fingerprint density at radius 2 is 2.18 bits per heavy atom. The summed E-state index contributed by atoms with van der Waals surface area (Å²) in [7, 11) is 0. The minimum atomic E-state index is -1.13. The van der Waals surface area contributed by atoms with E-state index in [0.717, 1.165) is 0 Å². The molecule has 2 atom stereocenters. The van der Waals surface area contributed by atoms with Crippen LogP contribution in [-0.2, 0) is 26.3 Å². The molecule has 0 radical (unpaired) electrons. The Hall–Kier alpha value is -1.30. The van der Waals surface area contributed by atoms with Gasteiger partial charge < -0.3 is 9.87 Å². The number of amides is 1. The normalized spacial score (nSPS) is 22.4. The second kappa shape index (κ2) is 7.31. The third-order valence-electron chi connectivity index (χ3n) is 3.68. The van der Waals surface area contributed by atoms with Crippen LogP contribution in [0.4, 0.5) is 0 Å². The van der Waals surface area contributed by atoms with Crippen LogP contribution >= 0.6 is 11.6 Å². The van der Waals surface area contributed by atoms with E-state index in [0.29, 0.717) is 23.4 Å². The molecule has 0 aliphatic heterocycles. The van der Waals surface area contributed by atoms with Crippen molar-refractivity contribution in [1.82, 2.24) is 5.32 Å². The topological polar surface area (TPSA) is 69.2 Å². The van der Waals surface area contributed by atoms with Crippen molar-refractivity contribution >= 4 is 34.5 Å². The van der Waals surface area contributed by atoms with E-state index in [1.807, 2.05) is 0 Å². The summed E-state index contributed by atoms with van der Waals surface area (Å²) in [4.78, 5) is 24.7. The van der Waals surface area contributed by atoms with Crippen molar-refractivity contribution in [3.05, 3.63) is 47.0 Å². The maximum Gasteiger partial charge on any atom is 0.225 e. The molecule has 0 saturated carbocycles. The summed E-state index contributed by atoms with van der Waals surface area (Å²) < 4.78 is 11.1. The van der Waals surface area contributed by atoms with Gasteiger partial charge in [0.05, 0.1) is 12.7 Å². The van der Waals surface area contributed by atoms with Gasteiger partial charge in [-0.15, -0.1) is 0 Å². The van der Waals surface area contributed by atoms with Crippen molar-refractivity contribution in [2.24, 2.45) is 0 Å². The van der Waals surface area contributed by atoms with Gasteiger partial charge >= 0.3 is 0 Å². The summed E-state index contributed by atoms with van der Waals surface area (Å²) >= 11 is 5.20. The standard InChI is InChI=1S/C16H18ClNO3S/c1-22(21)11-9-15(20)18-16(10-5-4-8-14(16)19)12-6-2-3-7-13(12)17/h2-4,6-8H,5,9-11H2,1H3,(H,18,20). The zero-order valence-corrected chi connectivity index (χ0v) is 13.9. The van der Waals surface area contributed by atoms with Crippen molar-refractivity contribution < 1.29 is 14.1 Å². The number of hydrogen-bond acceptors (Lipinski definition) is 3. The number of ketones is 1. The van der Waals surface area contributed by atoms with Crippen molar-refractivity contribution in [3.63, 3.8) is 0 Å². The first-order valence-corrected chi connectivity index (χ1v) is 9.13.